The molecule has 3 aromatic rings. The first-order chi connectivity index (χ1) is 13.1. The van der Waals surface area contributed by atoms with Gasteiger partial charge in [-0.3, -0.25) is 4.79 Å². The van der Waals surface area contributed by atoms with Gasteiger partial charge in [0.15, 0.2) is 5.65 Å². The van der Waals surface area contributed by atoms with Crippen LogP contribution in [0.2, 0.25) is 0 Å². The van der Waals surface area contributed by atoms with Gasteiger partial charge in [-0.15, -0.1) is 0 Å². The van der Waals surface area contributed by atoms with Crippen LogP contribution in [-0.2, 0) is 4.74 Å². The summed E-state index contributed by atoms with van der Waals surface area (Å²) in [6, 6.07) is 9.94. The number of anilines is 2. The van der Waals surface area contributed by atoms with Gasteiger partial charge in [0.05, 0.1) is 25.0 Å². The maximum absolute atomic E-state index is 12.6. The molecule has 0 bridgehead atoms. The zero-order valence-electron chi connectivity index (χ0n) is 15.6. The molecule has 1 aliphatic rings. The minimum absolute atomic E-state index is 0.180. The van der Waals surface area contributed by atoms with Crippen molar-refractivity contribution < 1.29 is 9.53 Å². The third-order valence-electron chi connectivity index (χ3n) is 4.69. The maximum Gasteiger partial charge on any atom is 0.257 e. The van der Waals surface area contributed by atoms with E-state index in [1.807, 2.05) is 35.0 Å². The molecule has 27 heavy (non-hydrogen) atoms. The van der Waals surface area contributed by atoms with E-state index in [-0.39, 0.29) is 11.9 Å². The third kappa shape index (κ3) is 3.64. The number of ether oxygens (including phenoxy) is 1. The van der Waals surface area contributed by atoms with E-state index >= 15 is 0 Å². The molecule has 1 aliphatic heterocycles. The van der Waals surface area contributed by atoms with Gasteiger partial charge in [0.1, 0.15) is 0 Å². The van der Waals surface area contributed by atoms with Crippen LogP contribution in [0.3, 0.4) is 0 Å². The lowest BCUT2D eigenvalue weighted by atomic mass is 10.2. The van der Waals surface area contributed by atoms with Gasteiger partial charge in [-0.2, -0.15) is 5.10 Å². The Bertz CT molecular complexity index is 943. The van der Waals surface area contributed by atoms with Crippen LogP contribution in [-0.4, -0.2) is 47.0 Å². The molecule has 4 rings (SSSR count). The van der Waals surface area contributed by atoms with Crippen molar-refractivity contribution in [3.63, 3.8) is 0 Å². The Balaban J connectivity index is 1.47. The molecule has 1 aromatic carbocycles. The summed E-state index contributed by atoms with van der Waals surface area (Å²) in [6.45, 7) is 7.39. The van der Waals surface area contributed by atoms with Crippen molar-refractivity contribution in [1.29, 1.82) is 0 Å². The summed E-state index contributed by atoms with van der Waals surface area (Å²) in [5.74, 6) is -0.180. The second kappa shape index (κ2) is 7.36. The molecule has 0 saturated carbocycles. The monoisotopic (exact) mass is 365 g/mol. The number of aromatic nitrogens is 3. The van der Waals surface area contributed by atoms with Gasteiger partial charge >= 0.3 is 0 Å². The second-order valence-corrected chi connectivity index (χ2v) is 6.92. The van der Waals surface area contributed by atoms with Crippen molar-refractivity contribution in [1.82, 2.24) is 14.8 Å². The lowest BCUT2D eigenvalue weighted by Crippen LogP contribution is -2.36. The molecule has 1 saturated heterocycles. The van der Waals surface area contributed by atoms with Crippen molar-refractivity contribution in [2.75, 3.05) is 36.5 Å². The molecule has 7 heteroatoms. The van der Waals surface area contributed by atoms with Gasteiger partial charge in [-0.25, -0.2) is 9.67 Å². The number of nitrogens with zero attached hydrogens (tertiary/aromatic N) is 4. The van der Waals surface area contributed by atoms with Gasteiger partial charge in [-0.05, 0) is 44.2 Å². The molecule has 0 radical (unpaired) electrons. The molecule has 0 atom stereocenters. The summed E-state index contributed by atoms with van der Waals surface area (Å²) in [5.41, 5.74) is 3.20. The first-order valence-electron chi connectivity index (χ1n) is 9.19. The normalized spacial score (nSPS) is 14.7. The first kappa shape index (κ1) is 17.5. The standard InChI is InChI=1S/C20H23N5O2/c1-14(2)25-19-15(13-22-25)11-16(12-21-19)20(26)23-17-3-5-18(6-4-17)24-7-9-27-10-8-24/h3-6,11-14H,7-10H2,1-2H3,(H,23,26). The summed E-state index contributed by atoms with van der Waals surface area (Å²) in [6.07, 6.45) is 3.34. The Morgan fingerprint density at radius 3 is 2.59 bits per heavy atom. The smallest absolute Gasteiger partial charge is 0.257 e. The van der Waals surface area contributed by atoms with Crippen LogP contribution in [0.15, 0.2) is 42.7 Å². The predicted molar refractivity (Wildman–Crippen MR) is 105 cm³/mol. The average Bonchev–Trinajstić information content (AvgIpc) is 3.13. The topological polar surface area (TPSA) is 72.3 Å². The number of hydrogen-bond acceptors (Lipinski definition) is 5. The van der Waals surface area contributed by atoms with Crippen LogP contribution in [0.1, 0.15) is 30.2 Å². The Kier molecular flexibility index (Phi) is 4.77. The average molecular weight is 365 g/mol. The molecular weight excluding hydrogens is 342 g/mol. The number of carbonyl (C=O) groups is 1. The Hall–Kier alpha value is -2.93. The summed E-state index contributed by atoms with van der Waals surface area (Å²) in [7, 11) is 0. The molecule has 140 valence electrons. The molecule has 1 amide bonds. The molecule has 1 N–H and O–H groups in total. The van der Waals surface area contributed by atoms with E-state index in [1.165, 1.54) is 0 Å². The van der Waals surface area contributed by atoms with E-state index in [4.69, 9.17) is 4.74 Å². The zero-order valence-corrected chi connectivity index (χ0v) is 15.6. The highest BCUT2D eigenvalue weighted by molar-refractivity contribution is 6.05. The van der Waals surface area contributed by atoms with Gasteiger partial charge in [0.25, 0.3) is 5.91 Å². The highest BCUT2D eigenvalue weighted by Crippen LogP contribution is 2.21. The molecular formula is C20H23N5O2. The molecule has 1 fully saturated rings. The van der Waals surface area contributed by atoms with Crippen LogP contribution in [0.4, 0.5) is 11.4 Å². The van der Waals surface area contributed by atoms with Crippen LogP contribution in [0, 0.1) is 0 Å². The second-order valence-electron chi connectivity index (χ2n) is 6.92. The van der Waals surface area contributed by atoms with Crippen molar-refractivity contribution in [2.45, 2.75) is 19.9 Å². The molecule has 0 unspecified atom stereocenters. The fourth-order valence-electron chi connectivity index (χ4n) is 3.22. The van der Waals surface area contributed by atoms with Gasteiger partial charge < -0.3 is 15.0 Å². The summed E-state index contributed by atoms with van der Waals surface area (Å²) < 4.78 is 7.23. The van der Waals surface area contributed by atoms with E-state index in [0.29, 0.717) is 5.56 Å². The van der Waals surface area contributed by atoms with E-state index < -0.39 is 0 Å². The van der Waals surface area contributed by atoms with E-state index in [0.717, 1.165) is 48.7 Å². The van der Waals surface area contributed by atoms with Crippen LogP contribution in [0.5, 0.6) is 0 Å². The number of hydrogen-bond donors (Lipinski definition) is 1. The van der Waals surface area contributed by atoms with Crippen LogP contribution >= 0.6 is 0 Å². The van der Waals surface area contributed by atoms with Crippen molar-refractivity contribution >= 4 is 28.3 Å². The third-order valence-corrected chi connectivity index (χ3v) is 4.69. The number of nitrogens with one attached hydrogen (secondary N) is 1. The van der Waals surface area contributed by atoms with Gasteiger partial charge in [0, 0.05) is 42.1 Å². The molecule has 0 aliphatic carbocycles. The lowest BCUT2D eigenvalue weighted by Gasteiger charge is -2.28. The van der Waals surface area contributed by atoms with Gasteiger partial charge in [-0.1, -0.05) is 0 Å². The number of morpholine rings is 1. The number of rotatable bonds is 4. The van der Waals surface area contributed by atoms with Crippen molar-refractivity contribution in [3.05, 3.63) is 48.3 Å². The van der Waals surface area contributed by atoms with Gasteiger partial charge in [0.2, 0.25) is 0 Å². The van der Waals surface area contributed by atoms with Crippen LogP contribution < -0.4 is 10.2 Å². The van der Waals surface area contributed by atoms with Crippen LogP contribution in [0.25, 0.3) is 11.0 Å². The van der Waals surface area contributed by atoms with E-state index in [9.17, 15) is 4.79 Å². The molecule has 0 spiro atoms. The molecule has 2 aromatic heterocycles. The van der Waals surface area contributed by atoms with Crippen molar-refractivity contribution in [3.8, 4) is 0 Å². The fourth-order valence-corrected chi connectivity index (χ4v) is 3.22. The number of carbonyl (C=O) groups excluding carboxylic acids is 1. The number of fused-ring (bicyclic) bond motifs is 1. The quantitative estimate of drug-likeness (QED) is 0.769. The number of amides is 1. The lowest BCUT2D eigenvalue weighted by molar-refractivity contribution is 0.102. The Morgan fingerprint density at radius 1 is 1.15 bits per heavy atom. The fraction of sp³-hybridized carbons (Fsp3) is 0.350. The SMILES string of the molecule is CC(C)n1ncc2cc(C(=O)Nc3ccc(N4CCOCC4)cc3)cnc21. The van der Waals surface area contributed by atoms with E-state index in [1.54, 1.807) is 12.4 Å². The summed E-state index contributed by atoms with van der Waals surface area (Å²) in [5, 5.41) is 8.14. The minimum Gasteiger partial charge on any atom is -0.378 e. The maximum atomic E-state index is 12.6. The predicted octanol–water partition coefficient (Wildman–Crippen LogP) is 3.10. The highest BCUT2D eigenvalue weighted by atomic mass is 16.5. The van der Waals surface area contributed by atoms with E-state index in [2.05, 4.69) is 34.1 Å². The summed E-state index contributed by atoms with van der Waals surface area (Å²) in [4.78, 5) is 19.3. The Labute approximate surface area is 157 Å². The number of benzene rings is 1. The molecule has 3 heterocycles. The highest BCUT2D eigenvalue weighted by Gasteiger charge is 2.13. The first-order valence-corrected chi connectivity index (χ1v) is 9.19. The van der Waals surface area contributed by atoms with Crippen molar-refractivity contribution in [2.24, 2.45) is 0 Å². The molecule has 7 nitrogen and oxygen atoms in total. The largest absolute Gasteiger partial charge is 0.378 e. The number of pyridine rings is 1. The zero-order chi connectivity index (χ0) is 18.8. The summed E-state index contributed by atoms with van der Waals surface area (Å²) >= 11 is 0. The minimum atomic E-state index is -0.180. The Morgan fingerprint density at radius 2 is 1.89 bits per heavy atom.